The number of aldehydes is 1. The van der Waals surface area contributed by atoms with Gasteiger partial charge in [-0.25, -0.2) is 0 Å². The van der Waals surface area contributed by atoms with Gasteiger partial charge in [-0.1, -0.05) is 30.3 Å². The molecule has 0 bridgehead atoms. The van der Waals surface area contributed by atoms with Gasteiger partial charge >= 0.3 is 0 Å². The molecule has 1 heterocycles. The number of carbonyl (C=O) groups is 8. The Bertz CT molecular complexity index is 1120. The number of carbonyl (C=O) groups excluding carboxylic acids is 8. The molecule has 1 aromatic carbocycles. The van der Waals surface area contributed by atoms with E-state index in [4.69, 9.17) is 0 Å². The first-order chi connectivity index (χ1) is 19.2. The highest BCUT2D eigenvalue weighted by Crippen LogP contribution is 2.05. The zero-order valence-electron chi connectivity index (χ0n) is 21.8. The monoisotopic (exact) mass is 556 g/mol. The summed E-state index contributed by atoms with van der Waals surface area (Å²) in [6.07, 6.45) is 3.42. The van der Waals surface area contributed by atoms with E-state index >= 15 is 0 Å². The number of nitrogens with one attached hydrogen (secondary N) is 5. The third-order valence-electron chi connectivity index (χ3n) is 5.52. The van der Waals surface area contributed by atoms with Crippen LogP contribution in [0, 0.1) is 0 Å². The van der Waals surface area contributed by atoms with E-state index in [0.29, 0.717) is 6.29 Å². The number of benzene rings is 1. The van der Waals surface area contributed by atoms with Crippen LogP contribution in [0.4, 0.5) is 0 Å². The van der Waals surface area contributed by atoms with Crippen molar-refractivity contribution in [2.24, 2.45) is 0 Å². The molecule has 1 aliphatic rings. The number of hydrogen-bond donors (Lipinski definition) is 5. The van der Waals surface area contributed by atoms with Gasteiger partial charge < -0.3 is 31.4 Å². The van der Waals surface area contributed by atoms with Crippen LogP contribution in [-0.4, -0.2) is 91.3 Å². The van der Waals surface area contributed by atoms with Crippen LogP contribution in [0.2, 0.25) is 0 Å². The Hall–Kier alpha value is -4.88. The second-order valence-electron chi connectivity index (χ2n) is 8.65. The SMILES string of the molecule is O=CCCNC(=O)CNC(=O)[C@H](Cc1ccccc1)NC(=O)CNC(=O)CNC(=O)CCCN1C(=O)C=CC1=O. The predicted octanol–water partition coefficient (Wildman–Crippen LogP) is -2.53. The quantitative estimate of drug-likeness (QED) is 0.0786. The number of amides is 7. The molecule has 40 heavy (non-hydrogen) atoms. The van der Waals surface area contributed by atoms with Crippen LogP contribution in [0.5, 0.6) is 0 Å². The van der Waals surface area contributed by atoms with Gasteiger partial charge in [0.15, 0.2) is 0 Å². The molecule has 0 radical (unpaired) electrons. The highest BCUT2D eigenvalue weighted by Gasteiger charge is 2.23. The summed E-state index contributed by atoms with van der Waals surface area (Å²) in [5.41, 5.74) is 0.750. The first-order valence-electron chi connectivity index (χ1n) is 12.6. The van der Waals surface area contributed by atoms with Gasteiger partial charge in [0.05, 0.1) is 19.6 Å². The Labute approximate surface area is 230 Å². The summed E-state index contributed by atoms with van der Waals surface area (Å²) in [4.78, 5) is 95.3. The summed E-state index contributed by atoms with van der Waals surface area (Å²) in [5.74, 6) is -3.78. The highest BCUT2D eigenvalue weighted by atomic mass is 16.2. The molecule has 5 N–H and O–H groups in total. The topological polar surface area (TPSA) is 200 Å². The van der Waals surface area contributed by atoms with Gasteiger partial charge in [-0.3, -0.25) is 38.5 Å². The lowest BCUT2D eigenvalue weighted by atomic mass is 10.1. The van der Waals surface area contributed by atoms with Crippen LogP contribution in [0.15, 0.2) is 42.5 Å². The lowest BCUT2D eigenvalue weighted by molar-refractivity contribution is -0.137. The average Bonchev–Trinajstić information content (AvgIpc) is 3.26. The number of hydrogen-bond acceptors (Lipinski definition) is 8. The Balaban J connectivity index is 1.75. The molecule has 0 aliphatic carbocycles. The van der Waals surface area contributed by atoms with E-state index in [0.717, 1.165) is 22.6 Å². The molecule has 1 aliphatic heterocycles. The Morgan fingerprint density at radius 1 is 0.775 bits per heavy atom. The van der Waals surface area contributed by atoms with E-state index in [-0.39, 0.29) is 45.3 Å². The fourth-order valence-electron chi connectivity index (χ4n) is 3.49. The highest BCUT2D eigenvalue weighted by molar-refractivity contribution is 6.12. The van der Waals surface area contributed by atoms with Crippen LogP contribution in [0.3, 0.4) is 0 Å². The molecule has 214 valence electrons. The summed E-state index contributed by atoms with van der Waals surface area (Å²) in [6, 6.07) is 7.82. The maximum Gasteiger partial charge on any atom is 0.253 e. The van der Waals surface area contributed by atoms with Gasteiger partial charge in [-0.05, 0) is 12.0 Å². The molecule has 1 atom stereocenters. The molecule has 1 aromatic rings. The molecular formula is C26H32N6O8. The van der Waals surface area contributed by atoms with Crippen molar-refractivity contribution < 1.29 is 38.4 Å². The van der Waals surface area contributed by atoms with E-state index in [2.05, 4.69) is 26.6 Å². The number of nitrogens with zero attached hydrogens (tertiary/aromatic N) is 1. The standard InChI is InChI=1S/C26H32N6O8/c33-13-5-11-27-21(35)16-30-26(40)19(14-18-6-2-1-3-7-18)31-23(37)17-29-22(36)15-28-20(34)8-4-12-32-24(38)9-10-25(32)39/h1-3,6-7,9-10,13,19H,4-5,8,11-12,14-17H2,(H,27,35)(H,28,34)(H,29,36)(H,30,40)(H,31,37)/t19-/m0/s1. The van der Waals surface area contributed by atoms with Gasteiger partial charge in [0, 0.05) is 44.5 Å². The van der Waals surface area contributed by atoms with Crippen molar-refractivity contribution in [1.29, 1.82) is 0 Å². The van der Waals surface area contributed by atoms with Crippen molar-refractivity contribution in [2.75, 3.05) is 32.7 Å². The molecule has 7 amide bonds. The van der Waals surface area contributed by atoms with Gasteiger partial charge in [0.2, 0.25) is 29.5 Å². The molecule has 0 saturated heterocycles. The van der Waals surface area contributed by atoms with Crippen LogP contribution in [0.25, 0.3) is 0 Å². The molecule has 0 spiro atoms. The summed E-state index contributed by atoms with van der Waals surface area (Å²) in [6.45, 7) is -1.00. The van der Waals surface area contributed by atoms with Crippen LogP contribution in [-0.2, 0) is 44.8 Å². The molecule has 0 fully saturated rings. The van der Waals surface area contributed by atoms with Crippen molar-refractivity contribution in [3.05, 3.63) is 48.0 Å². The maximum atomic E-state index is 12.7. The van der Waals surface area contributed by atoms with E-state index in [1.807, 2.05) is 0 Å². The van der Waals surface area contributed by atoms with E-state index < -0.39 is 60.5 Å². The first-order valence-corrected chi connectivity index (χ1v) is 12.6. The van der Waals surface area contributed by atoms with E-state index in [1.54, 1.807) is 30.3 Å². The predicted molar refractivity (Wildman–Crippen MR) is 140 cm³/mol. The fraction of sp³-hybridized carbons (Fsp3) is 0.385. The molecule has 14 heteroatoms. The van der Waals surface area contributed by atoms with Crippen LogP contribution >= 0.6 is 0 Å². The lowest BCUT2D eigenvalue weighted by Gasteiger charge is -2.19. The maximum absolute atomic E-state index is 12.7. The molecule has 2 rings (SSSR count). The molecule has 14 nitrogen and oxygen atoms in total. The largest absolute Gasteiger partial charge is 0.354 e. The van der Waals surface area contributed by atoms with Gasteiger partial charge in [0.1, 0.15) is 12.3 Å². The minimum absolute atomic E-state index is 0.0176. The molecule has 0 saturated carbocycles. The molecule has 0 aromatic heterocycles. The first kappa shape index (κ1) is 31.3. The molecule has 0 unspecified atom stereocenters. The van der Waals surface area contributed by atoms with E-state index in [1.165, 1.54) is 0 Å². The third-order valence-corrected chi connectivity index (χ3v) is 5.52. The molecular weight excluding hydrogens is 524 g/mol. The fourth-order valence-corrected chi connectivity index (χ4v) is 3.49. The van der Waals surface area contributed by atoms with Crippen molar-refractivity contribution >= 4 is 47.6 Å². The normalized spacial score (nSPS) is 12.8. The van der Waals surface area contributed by atoms with Gasteiger partial charge in [0.25, 0.3) is 11.8 Å². The average molecular weight is 557 g/mol. The Morgan fingerprint density at radius 2 is 1.38 bits per heavy atom. The van der Waals surface area contributed by atoms with Crippen molar-refractivity contribution in [3.8, 4) is 0 Å². The van der Waals surface area contributed by atoms with Crippen molar-refractivity contribution in [2.45, 2.75) is 31.7 Å². The summed E-state index contributed by atoms with van der Waals surface area (Å²) < 4.78 is 0. The summed E-state index contributed by atoms with van der Waals surface area (Å²) >= 11 is 0. The number of rotatable bonds is 17. The summed E-state index contributed by atoms with van der Waals surface area (Å²) in [5, 5.41) is 12.2. The van der Waals surface area contributed by atoms with Crippen molar-refractivity contribution in [3.63, 3.8) is 0 Å². The zero-order valence-corrected chi connectivity index (χ0v) is 21.8. The number of imide groups is 1. The van der Waals surface area contributed by atoms with Crippen LogP contribution < -0.4 is 26.6 Å². The van der Waals surface area contributed by atoms with Crippen LogP contribution in [0.1, 0.15) is 24.8 Å². The smallest absolute Gasteiger partial charge is 0.253 e. The third kappa shape index (κ3) is 11.7. The van der Waals surface area contributed by atoms with Gasteiger partial charge in [-0.2, -0.15) is 0 Å². The second-order valence-corrected chi connectivity index (χ2v) is 8.65. The van der Waals surface area contributed by atoms with Crippen molar-refractivity contribution in [1.82, 2.24) is 31.5 Å². The lowest BCUT2D eigenvalue weighted by Crippen LogP contribution is -2.52. The summed E-state index contributed by atoms with van der Waals surface area (Å²) in [7, 11) is 0. The minimum Gasteiger partial charge on any atom is -0.354 e. The van der Waals surface area contributed by atoms with Gasteiger partial charge in [-0.15, -0.1) is 0 Å². The Morgan fingerprint density at radius 3 is 2.05 bits per heavy atom. The van der Waals surface area contributed by atoms with E-state index in [9.17, 15) is 38.4 Å². The Kier molecular flexibility index (Phi) is 13.2. The minimum atomic E-state index is -1.04. The zero-order chi connectivity index (χ0) is 29.3. The second kappa shape index (κ2) is 16.9.